The normalized spacial score (nSPS) is 17.9. The molecule has 0 saturated carbocycles. The van der Waals surface area contributed by atoms with Crippen LogP contribution in [0.5, 0.6) is 0 Å². The molecule has 7 heteroatoms. The second-order valence-corrected chi connectivity index (χ2v) is 4.62. The van der Waals surface area contributed by atoms with E-state index < -0.39 is 5.97 Å². The van der Waals surface area contributed by atoms with Crippen molar-refractivity contribution in [3.63, 3.8) is 0 Å². The molecule has 1 aliphatic rings. The molecule has 2 aromatic heterocycles. The molecule has 3 rings (SSSR count). The highest BCUT2D eigenvalue weighted by atomic mass is 32.1. The average molecular weight is 237 g/mol. The highest BCUT2D eigenvalue weighted by Crippen LogP contribution is 2.41. The maximum atomic E-state index is 10.9. The van der Waals surface area contributed by atoms with Gasteiger partial charge in [-0.3, -0.25) is 0 Å². The summed E-state index contributed by atoms with van der Waals surface area (Å²) in [6.45, 7) is 0. The Morgan fingerprint density at radius 2 is 2.44 bits per heavy atom. The fourth-order valence-corrected chi connectivity index (χ4v) is 2.88. The van der Waals surface area contributed by atoms with E-state index in [-0.39, 0.29) is 10.9 Å². The third kappa shape index (κ3) is 1.18. The molecule has 0 saturated heterocycles. The second-order valence-electron chi connectivity index (χ2n) is 3.57. The SMILES string of the molecule is NC1Cc2nonc2-c2sc(C(=O)O)cc21. The number of carboxylic acids is 1. The number of hydrogen-bond donors (Lipinski definition) is 2. The van der Waals surface area contributed by atoms with Crippen molar-refractivity contribution in [1.29, 1.82) is 0 Å². The smallest absolute Gasteiger partial charge is 0.345 e. The first-order valence-corrected chi connectivity index (χ1v) is 5.43. The quantitative estimate of drug-likeness (QED) is 0.768. The molecule has 0 fully saturated rings. The van der Waals surface area contributed by atoms with Crippen molar-refractivity contribution in [3.8, 4) is 10.6 Å². The second kappa shape index (κ2) is 3.13. The molecular weight excluding hydrogens is 230 g/mol. The van der Waals surface area contributed by atoms with Crippen molar-refractivity contribution in [3.05, 3.63) is 22.2 Å². The Balaban J connectivity index is 2.23. The Bertz CT molecular complexity index is 574. The first kappa shape index (κ1) is 9.49. The van der Waals surface area contributed by atoms with Crippen LogP contribution in [0.4, 0.5) is 0 Å². The van der Waals surface area contributed by atoms with Gasteiger partial charge in [-0.2, -0.15) is 0 Å². The molecule has 3 N–H and O–H groups in total. The van der Waals surface area contributed by atoms with Gasteiger partial charge in [0, 0.05) is 12.5 Å². The number of fused-ring (bicyclic) bond motifs is 3. The zero-order valence-corrected chi connectivity index (χ0v) is 8.82. The number of hydrogen-bond acceptors (Lipinski definition) is 6. The Kier molecular flexibility index (Phi) is 1.86. The fourth-order valence-electron chi connectivity index (χ4n) is 1.80. The van der Waals surface area contributed by atoms with E-state index in [1.165, 1.54) is 0 Å². The van der Waals surface area contributed by atoms with Crippen molar-refractivity contribution in [2.24, 2.45) is 5.73 Å². The first-order chi connectivity index (χ1) is 7.66. The highest BCUT2D eigenvalue weighted by Gasteiger charge is 2.30. The van der Waals surface area contributed by atoms with Crippen LogP contribution in [-0.4, -0.2) is 21.4 Å². The summed E-state index contributed by atoms with van der Waals surface area (Å²) in [6, 6.07) is 1.36. The summed E-state index contributed by atoms with van der Waals surface area (Å²) in [5, 5.41) is 16.5. The molecule has 2 heterocycles. The molecule has 0 bridgehead atoms. The van der Waals surface area contributed by atoms with E-state index in [9.17, 15) is 4.79 Å². The third-order valence-electron chi connectivity index (χ3n) is 2.56. The average Bonchev–Trinajstić information content (AvgIpc) is 2.80. The Hall–Kier alpha value is -1.73. The van der Waals surface area contributed by atoms with Crippen LogP contribution in [0.15, 0.2) is 10.7 Å². The van der Waals surface area contributed by atoms with Gasteiger partial charge >= 0.3 is 5.97 Å². The van der Waals surface area contributed by atoms with Gasteiger partial charge in [0.1, 0.15) is 16.3 Å². The summed E-state index contributed by atoms with van der Waals surface area (Å²) in [6.07, 6.45) is 0.529. The topological polar surface area (TPSA) is 102 Å². The zero-order valence-electron chi connectivity index (χ0n) is 8.01. The lowest BCUT2D eigenvalue weighted by Gasteiger charge is -2.15. The maximum Gasteiger partial charge on any atom is 0.345 e. The Morgan fingerprint density at radius 3 is 3.19 bits per heavy atom. The molecule has 0 aromatic carbocycles. The number of carbonyl (C=O) groups is 1. The van der Waals surface area contributed by atoms with Crippen LogP contribution in [0.2, 0.25) is 0 Å². The summed E-state index contributed by atoms with van der Waals surface area (Å²) in [7, 11) is 0. The van der Waals surface area contributed by atoms with Crippen LogP contribution in [0, 0.1) is 0 Å². The summed E-state index contributed by atoms with van der Waals surface area (Å²) in [5.41, 5.74) is 8.06. The molecule has 0 aliphatic heterocycles. The molecule has 2 aromatic rings. The molecule has 0 spiro atoms. The molecule has 0 amide bonds. The number of thiophene rings is 1. The summed E-state index contributed by atoms with van der Waals surface area (Å²) >= 11 is 1.15. The molecule has 16 heavy (non-hydrogen) atoms. The van der Waals surface area contributed by atoms with E-state index in [2.05, 4.69) is 14.9 Å². The van der Waals surface area contributed by atoms with Crippen molar-refractivity contribution >= 4 is 17.3 Å². The highest BCUT2D eigenvalue weighted by molar-refractivity contribution is 7.17. The third-order valence-corrected chi connectivity index (χ3v) is 3.70. The van der Waals surface area contributed by atoms with Crippen LogP contribution >= 0.6 is 11.3 Å². The summed E-state index contributed by atoms with van der Waals surface area (Å²) in [4.78, 5) is 11.9. The van der Waals surface area contributed by atoms with Crippen LogP contribution in [0.1, 0.15) is 27.0 Å². The van der Waals surface area contributed by atoms with Gasteiger partial charge in [-0.05, 0) is 16.8 Å². The largest absolute Gasteiger partial charge is 0.477 e. The van der Waals surface area contributed by atoms with E-state index in [1.807, 2.05) is 0 Å². The maximum absolute atomic E-state index is 10.9. The minimum Gasteiger partial charge on any atom is -0.477 e. The molecule has 1 atom stereocenters. The molecule has 6 nitrogen and oxygen atoms in total. The van der Waals surface area contributed by atoms with Gasteiger partial charge in [-0.15, -0.1) is 11.3 Å². The Morgan fingerprint density at radius 1 is 1.62 bits per heavy atom. The van der Waals surface area contributed by atoms with Gasteiger partial charge in [0.05, 0.1) is 4.88 Å². The molecule has 82 valence electrons. The van der Waals surface area contributed by atoms with E-state index in [0.29, 0.717) is 17.8 Å². The van der Waals surface area contributed by atoms with Crippen molar-refractivity contribution < 1.29 is 14.5 Å². The van der Waals surface area contributed by atoms with Gasteiger partial charge < -0.3 is 10.8 Å². The lowest BCUT2D eigenvalue weighted by molar-refractivity contribution is 0.0702. The zero-order chi connectivity index (χ0) is 11.3. The first-order valence-electron chi connectivity index (χ1n) is 4.61. The molecule has 1 aliphatic carbocycles. The molecule has 1 unspecified atom stereocenters. The van der Waals surface area contributed by atoms with Gasteiger partial charge in [0.25, 0.3) is 0 Å². The van der Waals surface area contributed by atoms with Crippen LogP contribution in [0.3, 0.4) is 0 Å². The van der Waals surface area contributed by atoms with Gasteiger partial charge in [0.2, 0.25) is 0 Å². The lowest BCUT2D eigenvalue weighted by Crippen LogP contribution is -2.17. The predicted octanol–water partition coefficient (Wildman–Crippen LogP) is 1.05. The van der Waals surface area contributed by atoms with Gasteiger partial charge in [0.15, 0.2) is 0 Å². The van der Waals surface area contributed by atoms with Gasteiger partial charge in [-0.25, -0.2) is 9.42 Å². The molecular formula is C9H7N3O3S. The molecule has 0 radical (unpaired) electrons. The van der Waals surface area contributed by atoms with E-state index in [0.717, 1.165) is 21.8 Å². The Labute approximate surface area is 93.6 Å². The van der Waals surface area contributed by atoms with Crippen LogP contribution in [0.25, 0.3) is 10.6 Å². The minimum atomic E-state index is -0.954. The van der Waals surface area contributed by atoms with E-state index in [4.69, 9.17) is 10.8 Å². The van der Waals surface area contributed by atoms with Crippen LogP contribution in [-0.2, 0) is 6.42 Å². The van der Waals surface area contributed by atoms with Crippen molar-refractivity contribution in [2.45, 2.75) is 12.5 Å². The number of carboxylic acid groups (broad SMARTS) is 1. The van der Waals surface area contributed by atoms with Crippen molar-refractivity contribution in [1.82, 2.24) is 10.3 Å². The predicted molar refractivity (Wildman–Crippen MR) is 55.2 cm³/mol. The van der Waals surface area contributed by atoms with Gasteiger partial charge in [-0.1, -0.05) is 5.16 Å². The lowest BCUT2D eigenvalue weighted by atomic mass is 9.95. The van der Waals surface area contributed by atoms with E-state index in [1.54, 1.807) is 6.07 Å². The summed E-state index contributed by atoms with van der Waals surface area (Å²) < 4.78 is 4.65. The number of rotatable bonds is 1. The number of aromatic carboxylic acids is 1. The number of nitrogens with zero attached hydrogens (tertiary/aromatic N) is 2. The summed E-state index contributed by atoms with van der Waals surface area (Å²) in [5.74, 6) is -0.954. The monoisotopic (exact) mass is 237 g/mol. The number of nitrogens with two attached hydrogens (primary N) is 1. The number of aromatic nitrogens is 2. The fraction of sp³-hybridized carbons (Fsp3) is 0.222. The van der Waals surface area contributed by atoms with Crippen LogP contribution < -0.4 is 5.73 Å². The van der Waals surface area contributed by atoms with Crippen molar-refractivity contribution in [2.75, 3.05) is 0 Å². The minimum absolute atomic E-state index is 0.237. The standard InChI is InChI=1S/C9H7N3O3S/c10-4-2-5-7(12-15-11-5)8-3(4)1-6(16-8)9(13)14/h1,4H,2,10H2,(H,13,14). The van der Waals surface area contributed by atoms with E-state index >= 15 is 0 Å².